The van der Waals surface area contributed by atoms with E-state index < -0.39 is 0 Å². The van der Waals surface area contributed by atoms with E-state index in [0.717, 1.165) is 16.5 Å². The number of hydrogen-bond acceptors (Lipinski definition) is 5. The molecule has 0 bridgehead atoms. The normalized spacial score (nSPS) is 19.8. The first-order valence-corrected chi connectivity index (χ1v) is 6.76. The molecule has 108 valence electrons. The Morgan fingerprint density at radius 1 is 1.38 bits per heavy atom. The number of piperazine rings is 1. The Morgan fingerprint density at radius 3 is 2.95 bits per heavy atom. The van der Waals surface area contributed by atoms with Gasteiger partial charge in [0, 0.05) is 17.5 Å². The van der Waals surface area contributed by atoms with Crippen LogP contribution in [-0.4, -0.2) is 34.3 Å². The summed E-state index contributed by atoms with van der Waals surface area (Å²) in [5.74, 6) is -0.136. The van der Waals surface area contributed by atoms with Crippen molar-refractivity contribution in [3.05, 3.63) is 35.9 Å². The van der Waals surface area contributed by atoms with Crippen LogP contribution >= 0.6 is 0 Å². The van der Waals surface area contributed by atoms with Crippen LogP contribution in [0.2, 0.25) is 0 Å². The van der Waals surface area contributed by atoms with E-state index in [1.165, 1.54) is 0 Å². The van der Waals surface area contributed by atoms with Gasteiger partial charge in [-0.1, -0.05) is 18.2 Å². The molecule has 1 aliphatic heterocycles. The number of rotatable bonds is 2. The smallest absolute Gasteiger partial charge is 0.243 e. The van der Waals surface area contributed by atoms with E-state index in [-0.39, 0.29) is 24.4 Å². The summed E-state index contributed by atoms with van der Waals surface area (Å²) in [7, 11) is 0. The molecule has 2 amide bonds. The highest BCUT2D eigenvalue weighted by Crippen LogP contribution is 2.21. The number of nitrogens with two attached hydrogens (primary N) is 1. The second-order valence-corrected chi connectivity index (χ2v) is 5.22. The maximum atomic E-state index is 11.7. The van der Waals surface area contributed by atoms with Gasteiger partial charge in [-0.05, 0) is 19.1 Å². The summed E-state index contributed by atoms with van der Waals surface area (Å²) >= 11 is 0. The molecule has 1 unspecified atom stereocenters. The summed E-state index contributed by atoms with van der Waals surface area (Å²) in [5.41, 5.74) is 7.65. The van der Waals surface area contributed by atoms with Gasteiger partial charge < -0.3 is 5.73 Å². The molecule has 1 aromatic carbocycles. The number of nitrogens with zero attached hydrogens (tertiary/aromatic N) is 2. The third-order valence-electron chi connectivity index (χ3n) is 3.75. The SMILES string of the molecule is CC1C(=O)NC(=O)CN1Cc1cc2ccccc2nc1N. The minimum Gasteiger partial charge on any atom is -0.383 e. The fourth-order valence-electron chi connectivity index (χ4n) is 2.48. The van der Waals surface area contributed by atoms with Crippen LogP contribution in [0.3, 0.4) is 0 Å². The van der Waals surface area contributed by atoms with Crippen LogP contribution < -0.4 is 11.1 Å². The number of para-hydroxylation sites is 1. The van der Waals surface area contributed by atoms with E-state index in [4.69, 9.17) is 5.73 Å². The Labute approximate surface area is 121 Å². The fourth-order valence-corrected chi connectivity index (χ4v) is 2.48. The average molecular weight is 284 g/mol. The van der Waals surface area contributed by atoms with Gasteiger partial charge >= 0.3 is 0 Å². The number of hydrogen-bond donors (Lipinski definition) is 2. The molecular weight excluding hydrogens is 268 g/mol. The molecule has 1 atom stereocenters. The second kappa shape index (κ2) is 5.14. The van der Waals surface area contributed by atoms with E-state index in [2.05, 4.69) is 10.3 Å². The van der Waals surface area contributed by atoms with Crippen LogP contribution in [0.25, 0.3) is 10.9 Å². The van der Waals surface area contributed by atoms with E-state index in [0.29, 0.717) is 12.4 Å². The lowest BCUT2D eigenvalue weighted by Gasteiger charge is -2.31. The largest absolute Gasteiger partial charge is 0.383 e. The average Bonchev–Trinajstić information content (AvgIpc) is 2.45. The first-order chi connectivity index (χ1) is 10.0. The Morgan fingerprint density at radius 2 is 2.14 bits per heavy atom. The van der Waals surface area contributed by atoms with Crippen LogP contribution in [0.1, 0.15) is 12.5 Å². The van der Waals surface area contributed by atoms with Crippen molar-refractivity contribution in [3.8, 4) is 0 Å². The molecule has 0 aliphatic carbocycles. The van der Waals surface area contributed by atoms with Crippen molar-refractivity contribution in [2.75, 3.05) is 12.3 Å². The van der Waals surface area contributed by atoms with Crippen molar-refractivity contribution in [2.24, 2.45) is 0 Å². The Hall–Kier alpha value is -2.47. The molecule has 3 N–H and O–H groups in total. The summed E-state index contributed by atoms with van der Waals surface area (Å²) in [6.45, 7) is 2.37. The Kier molecular flexibility index (Phi) is 3.31. The summed E-state index contributed by atoms with van der Waals surface area (Å²) in [4.78, 5) is 29.3. The lowest BCUT2D eigenvalue weighted by molar-refractivity contribution is -0.139. The molecule has 2 heterocycles. The van der Waals surface area contributed by atoms with Gasteiger partial charge in [0.1, 0.15) is 5.82 Å². The number of fused-ring (bicyclic) bond motifs is 1. The summed E-state index contributed by atoms with van der Waals surface area (Å²) < 4.78 is 0. The topological polar surface area (TPSA) is 88.3 Å². The molecule has 21 heavy (non-hydrogen) atoms. The fraction of sp³-hybridized carbons (Fsp3) is 0.267. The van der Waals surface area contributed by atoms with Crippen LogP contribution in [0.4, 0.5) is 5.82 Å². The number of benzene rings is 1. The van der Waals surface area contributed by atoms with Gasteiger partial charge in [0.2, 0.25) is 11.8 Å². The standard InChI is InChI=1S/C15H16N4O2/c1-9-15(21)18-13(20)8-19(9)7-11-6-10-4-2-3-5-12(10)17-14(11)16/h2-6,9H,7-8H2,1H3,(H2,16,17)(H,18,20,21). The van der Waals surface area contributed by atoms with Crippen molar-refractivity contribution in [1.82, 2.24) is 15.2 Å². The highest BCUT2D eigenvalue weighted by atomic mass is 16.2. The molecule has 6 nitrogen and oxygen atoms in total. The molecule has 3 rings (SSSR count). The van der Waals surface area contributed by atoms with Crippen molar-refractivity contribution < 1.29 is 9.59 Å². The minimum absolute atomic E-state index is 0.180. The van der Waals surface area contributed by atoms with Crippen LogP contribution in [0.15, 0.2) is 30.3 Å². The van der Waals surface area contributed by atoms with E-state index >= 15 is 0 Å². The minimum atomic E-state index is -0.367. The number of carbonyl (C=O) groups is 2. The summed E-state index contributed by atoms with van der Waals surface area (Å²) in [6.07, 6.45) is 0. The number of amides is 2. The first kappa shape index (κ1) is 13.5. The Bertz CT molecular complexity index is 729. The van der Waals surface area contributed by atoms with E-state index in [1.807, 2.05) is 30.3 Å². The second-order valence-electron chi connectivity index (χ2n) is 5.22. The molecule has 1 saturated heterocycles. The zero-order chi connectivity index (χ0) is 15.0. The molecule has 0 saturated carbocycles. The lowest BCUT2D eigenvalue weighted by Crippen LogP contribution is -2.56. The van der Waals surface area contributed by atoms with E-state index in [1.54, 1.807) is 11.8 Å². The van der Waals surface area contributed by atoms with Gasteiger partial charge in [-0.25, -0.2) is 4.98 Å². The number of imide groups is 1. The molecule has 0 spiro atoms. The van der Waals surface area contributed by atoms with Gasteiger partial charge in [-0.3, -0.25) is 19.8 Å². The van der Waals surface area contributed by atoms with E-state index in [9.17, 15) is 9.59 Å². The number of nitrogens with one attached hydrogen (secondary N) is 1. The van der Waals surface area contributed by atoms with Crippen molar-refractivity contribution in [1.29, 1.82) is 0 Å². The maximum absolute atomic E-state index is 11.7. The van der Waals surface area contributed by atoms with Crippen molar-refractivity contribution >= 4 is 28.5 Å². The zero-order valence-corrected chi connectivity index (χ0v) is 11.7. The van der Waals surface area contributed by atoms with Gasteiger partial charge in [0.25, 0.3) is 0 Å². The predicted molar refractivity (Wildman–Crippen MR) is 79.2 cm³/mol. The van der Waals surface area contributed by atoms with Gasteiger partial charge in [-0.15, -0.1) is 0 Å². The quantitative estimate of drug-likeness (QED) is 0.791. The van der Waals surface area contributed by atoms with Crippen molar-refractivity contribution in [2.45, 2.75) is 19.5 Å². The number of carbonyl (C=O) groups excluding carboxylic acids is 2. The molecule has 1 fully saturated rings. The van der Waals surface area contributed by atoms with Crippen LogP contribution in [-0.2, 0) is 16.1 Å². The molecule has 1 aliphatic rings. The number of pyridine rings is 1. The number of nitrogen functional groups attached to an aromatic ring is 1. The molecule has 2 aromatic rings. The predicted octanol–water partition coefficient (Wildman–Crippen LogP) is 0.664. The van der Waals surface area contributed by atoms with Crippen molar-refractivity contribution in [3.63, 3.8) is 0 Å². The summed E-state index contributed by atoms with van der Waals surface area (Å²) in [6, 6.07) is 9.29. The third-order valence-corrected chi connectivity index (χ3v) is 3.75. The summed E-state index contributed by atoms with van der Waals surface area (Å²) in [5, 5.41) is 3.31. The molecular formula is C15H16N4O2. The van der Waals surface area contributed by atoms with Gasteiger partial charge in [-0.2, -0.15) is 0 Å². The third kappa shape index (κ3) is 2.57. The highest BCUT2D eigenvalue weighted by molar-refractivity contribution is 6.00. The maximum Gasteiger partial charge on any atom is 0.243 e. The molecule has 0 radical (unpaired) electrons. The number of anilines is 1. The van der Waals surface area contributed by atoms with Crippen LogP contribution in [0, 0.1) is 0 Å². The lowest BCUT2D eigenvalue weighted by atomic mass is 10.1. The molecule has 1 aromatic heterocycles. The Balaban J connectivity index is 1.92. The van der Waals surface area contributed by atoms with Gasteiger partial charge in [0.15, 0.2) is 0 Å². The molecule has 6 heteroatoms. The zero-order valence-electron chi connectivity index (χ0n) is 11.7. The monoisotopic (exact) mass is 284 g/mol. The van der Waals surface area contributed by atoms with Gasteiger partial charge in [0.05, 0.1) is 18.1 Å². The number of aromatic nitrogens is 1. The van der Waals surface area contributed by atoms with Crippen LogP contribution in [0.5, 0.6) is 0 Å². The first-order valence-electron chi connectivity index (χ1n) is 6.76. The highest BCUT2D eigenvalue weighted by Gasteiger charge is 2.30.